The molecular weight excluding hydrogens is 356 g/mol. The molecule has 146 valence electrons. The number of fused-ring (bicyclic) bond motifs is 1. The Kier molecular flexibility index (Phi) is 5.53. The molecule has 0 unspecified atom stereocenters. The molecule has 2 aromatic rings. The molecule has 3 heterocycles. The first-order chi connectivity index (χ1) is 13.7. The Morgan fingerprint density at radius 2 is 1.82 bits per heavy atom. The van der Waals surface area contributed by atoms with Gasteiger partial charge in [-0.25, -0.2) is 0 Å². The van der Waals surface area contributed by atoms with E-state index in [9.17, 15) is 9.59 Å². The molecule has 0 radical (unpaired) electrons. The summed E-state index contributed by atoms with van der Waals surface area (Å²) in [5, 5.41) is 0. The van der Waals surface area contributed by atoms with Crippen LogP contribution in [0.2, 0.25) is 0 Å². The minimum Gasteiger partial charge on any atom is -0.482 e. The van der Waals surface area contributed by atoms with Gasteiger partial charge in [0.15, 0.2) is 6.61 Å². The first kappa shape index (κ1) is 18.4. The number of anilines is 1. The van der Waals surface area contributed by atoms with Gasteiger partial charge in [-0.05, 0) is 24.3 Å². The average Bonchev–Trinajstić information content (AvgIpc) is 2.74. The van der Waals surface area contributed by atoms with Crippen molar-refractivity contribution in [2.45, 2.75) is 13.0 Å². The molecule has 1 saturated heterocycles. The molecule has 2 aliphatic heterocycles. The number of ether oxygens (including phenoxy) is 1. The SMILES string of the molecule is O=C(CCN1C(=O)COc2ccccc21)N1CCN(Cc2ccccn2)CC1. The van der Waals surface area contributed by atoms with Gasteiger partial charge in [0.1, 0.15) is 5.75 Å². The highest BCUT2D eigenvalue weighted by atomic mass is 16.5. The maximum Gasteiger partial charge on any atom is 0.265 e. The molecule has 1 fully saturated rings. The van der Waals surface area contributed by atoms with Gasteiger partial charge in [-0.2, -0.15) is 0 Å². The molecule has 1 aromatic heterocycles. The minimum atomic E-state index is -0.105. The highest BCUT2D eigenvalue weighted by molar-refractivity contribution is 5.98. The number of hydrogen-bond acceptors (Lipinski definition) is 5. The minimum absolute atomic E-state index is 0.0252. The third-order valence-electron chi connectivity index (χ3n) is 5.19. The van der Waals surface area contributed by atoms with E-state index < -0.39 is 0 Å². The normalized spacial score (nSPS) is 17.2. The Bertz CT molecular complexity index is 835. The summed E-state index contributed by atoms with van der Waals surface area (Å²) in [7, 11) is 0. The fourth-order valence-corrected chi connectivity index (χ4v) is 3.64. The van der Waals surface area contributed by atoms with Crippen LogP contribution >= 0.6 is 0 Å². The van der Waals surface area contributed by atoms with E-state index in [-0.39, 0.29) is 18.4 Å². The van der Waals surface area contributed by atoms with E-state index >= 15 is 0 Å². The third kappa shape index (κ3) is 4.14. The maximum absolute atomic E-state index is 12.7. The van der Waals surface area contributed by atoms with Gasteiger partial charge in [-0.1, -0.05) is 18.2 Å². The number of carbonyl (C=O) groups is 2. The number of aromatic nitrogens is 1. The molecule has 7 heteroatoms. The Balaban J connectivity index is 1.28. The second kappa shape index (κ2) is 8.39. The van der Waals surface area contributed by atoms with Crippen molar-refractivity contribution in [3.8, 4) is 5.75 Å². The van der Waals surface area contributed by atoms with E-state index in [0.717, 1.165) is 31.0 Å². The van der Waals surface area contributed by atoms with Crippen LogP contribution in [0.5, 0.6) is 5.75 Å². The van der Waals surface area contributed by atoms with E-state index in [1.807, 2.05) is 47.4 Å². The predicted molar refractivity (Wildman–Crippen MR) is 105 cm³/mol. The van der Waals surface area contributed by atoms with Crippen molar-refractivity contribution in [2.24, 2.45) is 0 Å². The summed E-state index contributed by atoms with van der Waals surface area (Å²) in [6.07, 6.45) is 2.13. The molecule has 0 atom stereocenters. The highest BCUT2D eigenvalue weighted by Crippen LogP contribution is 2.31. The number of carbonyl (C=O) groups excluding carboxylic acids is 2. The van der Waals surface area contributed by atoms with Gasteiger partial charge in [-0.3, -0.25) is 19.5 Å². The number of amides is 2. The molecule has 2 amide bonds. The number of piperazine rings is 1. The predicted octanol–water partition coefficient (Wildman–Crippen LogP) is 1.54. The lowest BCUT2D eigenvalue weighted by Crippen LogP contribution is -2.49. The van der Waals surface area contributed by atoms with Crippen LogP contribution in [0.4, 0.5) is 5.69 Å². The van der Waals surface area contributed by atoms with Crippen molar-refractivity contribution in [3.05, 3.63) is 54.4 Å². The van der Waals surface area contributed by atoms with Crippen LogP contribution in [0.3, 0.4) is 0 Å². The molecule has 7 nitrogen and oxygen atoms in total. The van der Waals surface area contributed by atoms with Crippen LogP contribution in [-0.4, -0.2) is 65.9 Å². The molecule has 2 aliphatic rings. The number of rotatable bonds is 5. The summed E-state index contributed by atoms with van der Waals surface area (Å²) in [5.74, 6) is 0.679. The van der Waals surface area contributed by atoms with Gasteiger partial charge in [0.2, 0.25) is 5.91 Å². The summed E-state index contributed by atoms with van der Waals surface area (Å²) in [5.41, 5.74) is 1.79. The zero-order valence-corrected chi connectivity index (χ0v) is 15.8. The van der Waals surface area contributed by atoms with Crippen LogP contribution in [0.1, 0.15) is 12.1 Å². The molecule has 1 aromatic carbocycles. The number of nitrogens with zero attached hydrogens (tertiary/aromatic N) is 4. The van der Waals surface area contributed by atoms with Crippen molar-refractivity contribution < 1.29 is 14.3 Å². The lowest BCUT2D eigenvalue weighted by Gasteiger charge is -2.35. The van der Waals surface area contributed by atoms with Crippen molar-refractivity contribution in [3.63, 3.8) is 0 Å². The summed E-state index contributed by atoms with van der Waals surface area (Å²) >= 11 is 0. The lowest BCUT2D eigenvalue weighted by molar-refractivity contribution is -0.132. The molecule has 28 heavy (non-hydrogen) atoms. The van der Waals surface area contributed by atoms with Gasteiger partial charge in [0.25, 0.3) is 5.91 Å². The zero-order valence-electron chi connectivity index (χ0n) is 15.8. The Morgan fingerprint density at radius 3 is 2.61 bits per heavy atom. The van der Waals surface area contributed by atoms with E-state index in [2.05, 4.69) is 9.88 Å². The van der Waals surface area contributed by atoms with Crippen molar-refractivity contribution in [1.82, 2.24) is 14.8 Å². The van der Waals surface area contributed by atoms with Gasteiger partial charge in [0.05, 0.1) is 11.4 Å². The fourth-order valence-electron chi connectivity index (χ4n) is 3.64. The summed E-state index contributed by atoms with van der Waals surface area (Å²) in [6, 6.07) is 13.4. The van der Waals surface area contributed by atoms with E-state index in [0.29, 0.717) is 31.8 Å². The summed E-state index contributed by atoms with van der Waals surface area (Å²) < 4.78 is 5.45. The Morgan fingerprint density at radius 1 is 1.04 bits per heavy atom. The molecule has 0 saturated carbocycles. The number of benzene rings is 1. The van der Waals surface area contributed by atoms with Gasteiger partial charge in [-0.15, -0.1) is 0 Å². The molecule has 0 N–H and O–H groups in total. The van der Waals surface area contributed by atoms with Crippen LogP contribution < -0.4 is 9.64 Å². The number of pyridine rings is 1. The average molecular weight is 380 g/mol. The summed E-state index contributed by atoms with van der Waals surface area (Å²) in [6.45, 7) is 4.30. The second-order valence-corrected chi connectivity index (χ2v) is 7.03. The zero-order chi connectivity index (χ0) is 19.3. The van der Waals surface area contributed by atoms with E-state index in [1.165, 1.54) is 0 Å². The van der Waals surface area contributed by atoms with Crippen molar-refractivity contribution >= 4 is 17.5 Å². The first-order valence-corrected chi connectivity index (χ1v) is 9.63. The van der Waals surface area contributed by atoms with Crippen LogP contribution in [0.15, 0.2) is 48.7 Å². The standard InChI is InChI=1S/C21H24N4O3/c26-20(8-10-25-18-6-1-2-7-19(18)28-16-21(25)27)24-13-11-23(12-14-24)15-17-5-3-4-9-22-17/h1-7,9H,8,10-16H2. The largest absolute Gasteiger partial charge is 0.482 e. The van der Waals surface area contributed by atoms with E-state index in [4.69, 9.17) is 4.74 Å². The van der Waals surface area contributed by atoms with Crippen LogP contribution in [0, 0.1) is 0 Å². The van der Waals surface area contributed by atoms with E-state index in [1.54, 1.807) is 11.1 Å². The lowest BCUT2D eigenvalue weighted by atomic mass is 10.2. The van der Waals surface area contributed by atoms with Gasteiger partial charge < -0.3 is 14.5 Å². The van der Waals surface area contributed by atoms with Gasteiger partial charge in [0, 0.05) is 51.9 Å². The molecule has 4 rings (SSSR count). The monoisotopic (exact) mass is 380 g/mol. The van der Waals surface area contributed by atoms with Crippen molar-refractivity contribution in [2.75, 3.05) is 44.2 Å². The first-order valence-electron chi connectivity index (χ1n) is 9.63. The fraction of sp³-hybridized carbons (Fsp3) is 0.381. The smallest absolute Gasteiger partial charge is 0.265 e. The molecule has 0 bridgehead atoms. The summed E-state index contributed by atoms with van der Waals surface area (Å²) in [4.78, 5) is 35.1. The Hall–Kier alpha value is -2.93. The third-order valence-corrected chi connectivity index (χ3v) is 5.19. The topological polar surface area (TPSA) is 66.0 Å². The number of hydrogen-bond donors (Lipinski definition) is 0. The second-order valence-electron chi connectivity index (χ2n) is 7.03. The quantitative estimate of drug-likeness (QED) is 0.787. The molecular formula is C21H24N4O3. The van der Waals surface area contributed by atoms with Crippen LogP contribution in [0.25, 0.3) is 0 Å². The van der Waals surface area contributed by atoms with Gasteiger partial charge >= 0.3 is 0 Å². The van der Waals surface area contributed by atoms with Crippen LogP contribution in [-0.2, 0) is 16.1 Å². The number of para-hydroxylation sites is 2. The molecule has 0 aliphatic carbocycles. The highest BCUT2D eigenvalue weighted by Gasteiger charge is 2.27. The maximum atomic E-state index is 12.7. The Labute approximate surface area is 164 Å². The van der Waals surface area contributed by atoms with Crippen molar-refractivity contribution in [1.29, 1.82) is 0 Å². The molecule has 0 spiro atoms.